The molecule has 0 saturated carbocycles. The second-order valence-electron chi connectivity index (χ2n) is 19.7. The number of thiophene rings is 3. The predicted molar refractivity (Wildman–Crippen MR) is 342 cm³/mol. The Kier molecular flexibility index (Phi) is 15.2. The molecule has 82 heavy (non-hydrogen) atoms. The zero-order chi connectivity index (χ0) is 56.7. The molecule has 15 heteroatoms. The minimum Gasteiger partial charge on any atom is -0.459 e. The summed E-state index contributed by atoms with van der Waals surface area (Å²) in [5.41, 5.74) is 3.60. The van der Waals surface area contributed by atoms with Crippen molar-refractivity contribution in [2.45, 2.75) is 44.2 Å². The van der Waals surface area contributed by atoms with Gasteiger partial charge in [-0.3, -0.25) is 19.2 Å². The van der Waals surface area contributed by atoms with Crippen LogP contribution in [-0.2, 0) is 75.4 Å². The van der Waals surface area contributed by atoms with E-state index in [1.54, 1.807) is 12.2 Å². The number of carbonyl (C=O) groups is 4. The zero-order valence-corrected chi connectivity index (χ0v) is 49.2. The quantitative estimate of drug-likeness (QED) is 0.0216. The molecule has 12 rings (SSSR count). The van der Waals surface area contributed by atoms with Crippen LogP contribution in [-0.4, -0.2) is 43.8 Å². The molecule has 0 spiro atoms. The van der Waals surface area contributed by atoms with Crippen molar-refractivity contribution < 1.29 is 38.1 Å². The Morgan fingerprint density at radius 2 is 0.841 bits per heavy atom. The van der Waals surface area contributed by atoms with Crippen LogP contribution in [0.5, 0.6) is 0 Å². The van der Waals surface area contributed by atoms with Crippen molar-refractivity contribution in [2.24, 2.45) is 0 Å². The Balaban J connectivity index is 1.08. The number of hydrogen-bond donors (Lipinski definition) is 0. The summed E-state index contributed by atoms with van der Waals surface area (Å²) < 4.78 is 27.8. The molecular weight excluding hydrogens is 1160 g/mol. The van der Waals surface area contributed by atoms with E-state index in [-0.39, 0.29) is 37.6 Å². The zero-order valence-electron chi connectivity index (χ0n) is 43.5. The molecule has 0 unspecified atom stereocenters. The molecule has 8 nitrogen and oxygen atoms in total. The van der Waals surface area contributed by atoms with Crippen molar-refractivity contribution in [3.05, 3.63) is 270 Å². The summed E-state index contributed by atoms with van der Waals surface area (Å²) >= 11 is 28.1. The van der Waals surface area contributed by atoms with E-state index >= 15 is 19.2 Å². The molecule has 9 aromatic rings. The van der Waals surface area contributed by atoms with E-state index in [9.17, 15) is 0 Å². The molecular formula is C67H44O8S7. The van der Waals surface area contributed by atoms with Gasteiger partial charge in [0.15, 0.2) is 0 Å². The third-order valence-corrected chi connectivity index (χ3v) is 20.3. The van der Waals surface area contributed by atoms with E-state index in [2.05, 4.69) is 0 Å². The van der Waals surface area contributed by atoms with Gasteiger partial charge in [-0.2, -0.15) is 0 Å². The smallest absolute Gasteiger partial charge is 0.333 e. The largest absolute Gasteiger partial charge is 0.459 e. The maximum absolute atomic E-state index is 15.8. The molecule has 0 saturated heterocycles. The number of ether oxygens (including phenoxy) is 4. The first-order valence-corrected chi connectivity index (χ1v) is 30.1. The van der Waals surface area contributed by atoms with Crippen molar-refractivity contribution in [1.82, 2.24) is 0 Å². The SMILES string of the molecule is Cc1ccccc1C(=S)/C(C=S)=C/C1=Cc2sc3c(sc4c5c(sc43)C=C(C=C3C(=S)c4ccccc4C3=S)C5(C(=O)OCc3ccccc3)C(=O)OCc3ccccc3)c2C1(C(=O)OCc1ccccc1)C(=O)OCc1ccccc1. The summed E-state index contributed by atoms with van der Waals surface area (Å²) in [4.78, 5) is 65.8. The predicted octanol–water partition coefficient (Wildman–Crippen LogP) is 15.1. The van der Waals surface area contributed by atoms with Gasteiger partial charge in [0.05, 0.1) is 33.4 Å². The minimum atomic E-state index is -2.25. The molecule has 3 aliphatic rings. The summed E-state index contributed by atoms with van der Waals surface area (Å²) in [6.45, 7) is 1.30. The van der Waals surface area contributed by atoms with Gasteiger partial charge in [-0.05, 0) is 75.8 Å². The first kappa shape index (κ1) is 54.7. The number of benzene rings is 6. The van der Waals surface area contributed by atoms with E-state index in [0.717, 1.165) is 31.7 Å². The van der Waals surface area contributed by atoms with Gasteiger partial charge >= 0.3 is 23.9 Å². The number of allylic oxidation sites excluding steroid dienone is 4. The van der Waals surface area contributed by atoms with Crippen LogP contribution in [0.3, 0.4) is 0 Å². The van der Waals surface area contributed by atoms with Crippen molar-refractivity contribution in [1.29, 1.82) is 0 Å². The fourth-order valence-electron chi connectivity index (χ4n) is 10.7. The number of rotatable bonds is 17. The van der Waals surface area contributed by atoms with Gasteiger partial charge in [0.1, 0.15) is 26.4 Å². The van der Waals surface area contributed by atoms with Crippen LogP contribution >= 0.6 is 82.9 Å². The number of esters is 4. The minimum absolute atomic E-state index is 0.160. The monoisotopic (exact) mass is 1200 g/mol. The Morgan fingerprint density at radius 3 is 1.24 bits per heavy atom. The molecule has 0 atom stereocenters. The highest BCUT2D eigenvalue weighted by Gasteiger charge is 2.61. The number of aryl methyl sites for hydroxylation is 1. The lowest BCUT2D eigenvalue weighted by molar-refractivity contribution is -0.166. The van der Waals surface area contributed by atoms with Crippen LogP contribution in [0, 0.1) is 6.92 Å². The van der Waals surface area contributed by atoms with Crippen LogP contribution in [0.15, 0.2) is 204 Å². The van der Waals surface area contributed by atoms with E-state index in [1.165, 1.54) is 39.4 Å². The average Bonchev–Trinajstić information content (AvgIpc) is 2.90. The molecule has 0 bridgehead atoms. The van der Waals surface area contributed by atoms with Crippen LogP contribution in [0.25, 0.3) is 31.0 Å². The van der Waals surface area contributed by atoms with Gasteiger partial charge in [-0.25, -0.2) is 0 Å². The first-order chi connectivity index (χ1) is 39.9. The lowest BCUT2D eigenvalue weighted by atomic mass is 9.76. The standard InChI is InChI=1S/C67H44O8S7/c1-39-18-14-15-27-47(39)55(77)44(38-76)30-45-32-51-53(66(45,62(68)72-34-40-19-6-2-7-20-40)63(69)73-35-41-21-8-3-9-22-41)58-60(80-51)61-59(82-58)54-52(81-61)33-46(31-50-56(78)48-28-16-17-29-49(48)57(50)79)67(54,64(70)74-36-42-23-10-4-11-24-42)65(71)75-37-43-25-12-5-13-26-43/h2-33,38H,34-37H2,1H3/b44-30+. The van der Waals surface area contributed by atoms with Crippen molar-refractivity contribution in [2.75, 3.05) is 0 Å². The molecule has 0 aliphatic heterocycles. The van der Waals surface area contributed by atoms with E-state index < -0.39 is 34.7 Å². The third kappa shape index (κ3) is 9.49. The summed E-state index contributed by atoms with van der Waals surface area (Å²) in [6, 6.07) is 52.1. The molecule has 402 valence electrons. The number of thiocarbonyl (C=S) groups is 4. The fourth-order valence-corrected chi connectivity index (χ4v) is 16.7. The van der Waals surface area contributed by atoms with Crippen LogP contribution in [0.1, 0.15) is 65.4 Å². The van der Waals surface area contributed by atoms with E-state index in [4.69, 9.17) is 67.8 Å². The van der Waals surface area contributed by atoms with Gasteiger partial charge in [0, 0.05) is 48.5 Å². The van der Waals surface area contributed by atoms with Gasteiger partial charge in [-0.15, -0.1) is 34.0 Å². The highest BCUT2D eigenvalue weighted by molar-refractivity contribution is 7.84. The Hall–Kier alpha value is -7.86. The lowest BCUT2D eigenvalue weighted by Gasteiger charge is -2.29. The van der Waals surface area contributed by atoms with Gasteiger partial charge in [0.2, 0.25) is 10.8 Å². The molecule has 0 fully saturated rings. The van der Waals surface area contributed by atoms with Crippen molar-refractivity contribution in [3.63, 3.8) is 0 Å². The molecule has 3 heterocycles. The maximum Gasteiger partial charge on any atom is 0.333 e. The highest BCUT2D eigenvalue weighted by Crippen LogP contribution is 2.61. The Labute approximate surface area is 505 Å². The molecule has 3 aromatic heterocycles. The van der Waals surface area contributed by atoms with Crippen LogP contribution in [0.4, 0.5) is 0 Å². The molecule has 6 aromatic carbocycles. The Morgan fingerprint density at radius 1 is 0.476 bits per heavy atom. The molecule has 0 N–H and O–H groups in total. The summed E-state index contributed by atoms with van der Waals surface area (Å²) in [6.07, 6.45) is 7.07. The van der Waals surface area contributed by atoms with Gasteiger partial charge < -0.3 is 18.9 Å². The highest BCUT2D eigenvalue weighted by atomic mass is 32.1. The average molecular weight is 1200 g/mol. The second-order valence-corrected chi connectivity index (χ2v) is 24.3. The van der Waals surface area contributed by atoms with Crippen molar-refractivity contribution >= 4 is 158 Å². The Bertz CT molecular complexity index is 4130. The van der Waals surface area contributed by atoms with Crippen LogP contribution < -0.4 is 0 Å². The van der Waals surface area contributed by atoms with E-state index in [0.29, 0.717) is 78.3 Å². The normalized spacial score (nSPS) is 14.6. The molecule has 3 aliphatic carbocycles. The van der Waals surface area contributed by atoms with Crippen LogP contribution in [0.2, 0.25) is 0 Å². The summed E-state index contributed by atoms with van der Waals surface area (Å²) in [7, 11) is 0. The maximum atomic E-state index is 15.8. The summed E-state index contributed by atoms with van der Waals surface area (Å²) in [5.74, 6) is -3.52. The topological polar surface area (TPSA) is 105 Å². The molecule has 0 radical (unpaired) electrons. The number of fused-ring (bicyclic) bond motifs is 8. The van der Waals surface area contributed by atoms with Crippen molar-refractivity contribution in [3.8, 4) is 0 Å². The number of carbonyl (C=O) groups excluding carboxylic acids is 4. The lowest BCUT2D eigenvalue weighted by Crippen LogP contribution is -2.46. The molecule has 0 amide bonds. The van der Waals surface area contributed by atoms with E-state index in [1.807, 2.05) is 189 Å². The number of hydrogen-bond acceptors (Lipinski definition) is 15. The third-order valence-electron chi connectivity index (χ3n) is 14.8. The fraction of sp³-hybridized carbons (Fsp3) is 0.104. The first-order valence-electron chi connectivity index (χ1n) is 25.9. The van der Waals surface area contributed by atoms with Gasteiger partial charge in [0.25, 0.3) is 0 Å². The summed E-state index contributed by atoms with van der Waals surface area (Å²) in [5, 5.41) is 1.45. The van der Waals surface area contributed by atoms with Gasteiger partial charge in [-0.1, -0.05) is 219 Å². The second kappa shape index (κ2) is 22.8.